The third-order valence-corrected chi connectivity index (χ3v) is 5.64. The summed E-state index contributed by atoms with van der Waals surface area (Å²) in [6.07, 6.45) is 6.79. The molecule has 0 aromatic rings. The quantitative estimate of drug-likeness (QED) is 0.815. The minimum Gasteiger partial charge on any atom is -0.378 e. The Bertz CT molecular complexity index is 316. The van der Waals surface area contributed by atoms with E-state index in [0.717, 1.165) is 11.8 Å². The summed E-state index contributed by atoms with van der Waals surface area (Å²) in [5, 5.41) is 3.77. The summed E-state index contributed by atoms with van der Waals surface area (Å²) in [5.41, 5.74) is 0.892. The van der Waals surface area contributed by atoms with Gasteiger partial charge in [-0.15, -0.1) is 0 Å². The van der Waals surface area contributed by atoms with Crippen molar-refractivity contribution >= 4 is 0 Å². The van der Waals surface area contributed by atoms with Gasteiger partial charge < -0.3 is 10.1 Å². The standard InChI is InChI=1S/C15H27NO/c1-10(2)16-13-8-15(17-4)7-12-6-14(12,9-15)5-11(13)3/h10-13,16H,5-9H2,1-4H3. The number of hydrogen-bond donors (Lipinski definition) is 1. The largest absolute Gasteiger partial charge is 0.378 e. The second kappa shape index (κ2) is 3.71. The van der Waals surface area contributed by atoms with Crippen LogP contribution in [0.5, 0.6) is 0 Å². The van der Waals surface area contributed by atoms with Crippen molar-refractivity contribution in [3.05, 3.63) is 0 Å². The Morgan fingerprint density at radius 1 is 1.18 bits per heavy atom. The molecule has 0 saturated heterocycles. The minimum atomic E-state index is 0.209. The lowest BCUT2D eigenvalue weighted by Crippen LogP contribution is -2.45. The molecule has 0 amide bonds. The lowest BCUT2D eigenvalue weighted by atomic mass is 9.86. The molecule has 5 unspecified atom stereocenters. The first-order chi connectivity index (χ1) is 7.99. The summed E-state index contributed by atoms with van der Waals surface area (Å²) in [5.74, 6) is 1.80. The highest BCUT2D eigenvalue weighted by atomic mass is 16.5. The summed E-state index contributed by atoms with van der Waals surface area (Å²) in [7, 11) is 1.93. The highest BCUT2D eigenvalue weighted by Gasteiger charge is 2.67. The van der Waals surface area contributed by atoms with Gasteiger partial charge in [-0.05, 0) is 49.4 Å². The molecule has 0 radical (unpaired) electrons. The van der Waals surface area contributed by atoms with Crippen molar-refractivity contribution in [1.29, 1.82) is 0 Å². The number of rotatable bonds is 3. The van der Waals surface area contributed by atoms with Gasteiger partial charge in [0.25, 0.3) is 0 Å². The Morgan fingerprint density at radius 2 is 1.94 bits per heavy atom. The smallest absolute Gasteiger partial charge is 0.0702 e. The summed E-state index contributed by atoms with van der Waals surface area (Å²) in [6.45, 7) is 6.95. The van der Waals surface area contributed by atoms with E-state index in [0.29, 0.717) is 17.5 Å². The molecule has 17 heavy (non-hydrogen) atoms. The number of ether oxygens (including phenoxy) is 1. The van der Waals surface area contributed by atoms with Gasteiger partial charge in [-0.25, -0.2) is 0 Å². The SMILES string of the molecule is COC12CC(NC(C)C)C(C)CC3(CC3C1)C2. The van der Waals surface area contributed by atoms with Crippen LogP contribution in [0.15, 0.2) is 0 Å². The molecule has 2 heteroatoms. The van der Waals surface area contributed by atoms with Gasteiger partial charge in [0, 0.05) is 19.2 Å². The molecule has 0 aromatic heterocycles. The van der Waals surface area contributed by atoms with Gasteiger partial charge >= 0.3 is 0 Å². The Balaban J connectivity index is 1.80. The third kappa shape index (κ3) is 1.84. The fourth-order valence-electron chi connectivity index (χ4n) is 4.85. The average molecular weight is 237 g/mol. The van der Waals surface area contributed by atoms with Gasteiger partial charge in [0.2, 0.25) is 0 Å². The van der Waals surface area contributed by atoms with Crippen molar-refractivity contribution < 1.29 is 4.74 Å². The zero-order chi connectivity index (χ0) is 12.3. The first-order valence-corrected chi connectivity index (χ1v) is 7.30. The molecule has 5 atom stereocenters. The summed E-state index contributed by atoms with van der Waals surface area (Å²) < 4.78 is 5.97. The van der Waals surface area contributed by atoms with Crippen LogP contribution in [-0.4, -0.2) is 24.8 Å². The Labute approximate surface area is 105 Å². The van der Waals surface area contributed by atoms with E-state index in [9.17, 15) is 0 Å². The first-order valence-electron chi connectivity index (χ1n) is 7.30. The van der Waals surface area contributed by atoms with E-state index in [4.69, 9.17) is 4.74 Å². The van der Waals surface area contributed by atoms with Gasteiger partial charge in [0.1, 0.15) is 0 Å². The summed E-state index contributed by atoms with van der Waals surface area (Å²) >= 11 is 0. The van der Waals surface area contributed by atoms with E-state index >= 15 is 0 Å². The fourth-order valence-corrected chi connectivity index (χ4v) is 4.85. The normalized spacial score (nSPS) is 52.4. The molecule has 3 rings (SSSR count). The van der Waals surface area contributed by atoms with Crippen LogP contribution in [0.25, 0.3) is 0 Å². The lowest BCUT2D eigenvalue weighted by Gasteiger charge is -2.35. The van der Waals surface area contributed by atoms with Gasteiger partial charge in [0.05, 0.1) is 5.60 Å². The van der Waals surface area contributed by atoms with Crippen LogP contribution in [0.1, 0.15) is 52.9 Å². The molecule has 1 spiro atoms. The number of methoxy groups -OCH3 is 1. The first kappa shape index (κ1) is 12.0. The maximum Gasteiger partial charge on any atom is 0.0702 e. The van der Waals surface area contributed by atoms with E-state index in [2.05, 4.69) is 26.1 Å². The van der Waals surface area contributed by atoms with E-state index in [1.807, 2.05) is 7.11 Å². The zero-order valence-electron chi connectivity index (χ0n) is 11.8. The molecule has 2 nitrogen and oxygen atoms in total. The van der Waals surface area contributed by atoms with Gasteiger partial charge in [-0.1, -0.05) is 20.8 Å². The monoisotopic (exact) mass is 237 g/mol. The lowest BCUT2D eigenvalue weighted by molar-refractivity contribution is -0.0299. The molecule has 3 aliphatic rings. The van der Waals surface area contributed by atoms with Crippen molar-refractivity contribution in [1.82, 2.24) is 5.32 Å². The molecule has 3 aliphatic carbocycles. The van der Waals surface area contributed by atoms with Gasteiger partial charge in [0.15, 0.2) is 0 Å². The molecule has 0 aromatic carbocycles. The molecular weight excluding hydrogens is 210 g/mol. The van der Waals surface area contributed by atoms with Crippen LogP contribution in [0, 0.1) is 17.3 Å². The van der Waals surface area contributed by atoms with E-state index in [-0.39, 0.29) is 5.60 Å². The molecule has 3 fully saturated rings. The molecular formula is C15H27NO. The van der Waals surface area contributed by atoms with E-state index < -0.39 is 0 Å². The summed E-state index contributed by atoms with van der Waals surface area (Å²) in [6, 6.07) is 1.23. The average Bonchev–Trinajstić information content (AvgIpc) is 2.80. The van der Waals surface area contributed by atoms with E-state index in [1.54, 1.807) is 0 Å². The molecule has 3 saturated carbocycles. The van der Waals surface area contributed by atoms with E-state index in [1.165, 1.54) is 32.1 Å². The molecule has 0 aliphatic heterocycles. The van der Waals surface area contributed by atoms with Crippen LogP contribution in [-0.2, 0) is 4.74 Å². The Hall–Kier alpha value is -0.0800. The Kier molecular flexibility index (Phi) is 2.61. The second-order valence-electron chi connectivity index (χ2n) is 7.34. The fraction of sp³-hybridized carbons (Fsp3) is 1.00. The maximum absolute atomic E-state index is 5.97. The highest BCUT2D eigenvalue weighted by Crippen LogP contribution is 2.72. The topological polar surface area (TPSA) is 21.3 Å². The predicted molar refractivity (Wildman–Crippen MR) is 70.0 cm³/mol. The molecule has 98 valence electrons. The number of nitrogens with one attached hydrogen (secondary N) is 1. The van der Waals surface area contributed by atoms with Crippen LogP contribution in [0.2, 0.25) is 0 Å². The maximum atomic E-state index is 5.97. The van der Waals surface area contributed by atoms with Crippen molar-refractivity contribution in [2.24, 2.45) is 17.3 Å². The second-order valence-corrected chi connectivity index (χ2v) is 7.34. The van der Waals surface area contributed by atoms with Crippen molar-refractivity contribution in [2.75, 3.05) is 7.11 Å². The molecule has 0 heterocycles. The van der Waals surface area contributed by atoms with Crippen LogP contribution >= 0.6 is 0 Å². The minimum absolute atomic E-state index is 0.209. The molecule has 1 N–H and O–H groups in total. The van der Waals surface area contributed by atoms with Crippen molar-refractivity contribution in [3.8, 4) is 0 Å². The predicted octanol–water partition coefficient (Wildman–Crippen LogP) is 2.97. The van der Waals surface area contributed by atoms with Crippen LogP contribution in [0.4, 0.5) is 0 Å². The third-order valence-electron chi connectivity index (χ3n) is 5.64. The number of hydrogen-bond acceptors (Lipinski definition) is 2. The van der Waals surface area contributed by atoms with Crippen molar-refractivity contribution in [3.63, 3.8) is 0 Å². The van der Waals surface area contributed by atoms with Crippen LogP contribution in [0.3, 0.4) is 0 Å². The highest BCUT2D eigenvalue weighted by molar-refractivity contribution is 5.18. The zero-order valence-corrected chi connectivity index (χ0v) is 11.8. The van der Waals surface area contributed by atoms with Gasteiger partial charge in [-0.2, -0.15) is 0 Å². The summed E-state index contributed by atoms with van der Waals surface area (Å²) in [4.78, 5) is 0. The van der Waals surface area contributed by atoms with Crippen molar-refractivity contribution in [2.45, 2.75) is 70.6 Å². The van der Waals surface area contributed by atoms with Gasteiger partial charge in [-0.3, -0.25) is 0 Å². The number of fused-ring (bicyclic) bond motifs is 1. The Morgan fingerprint density at radius 3 is 2.59 bits per heavy atom. The van der Waals surface area contributed by atoms with Crippen LogP contribution < -0.4 is 5.32 Å². The molecule has 2 bridgehead atoms.